The van der Waals surface area contributed by atoms with Gasteiger partial charge in [0.25, 0.3) is 0 Å². The Kier molecular flexibility index (Phi) is 6.38. The molecule has 1 unspecified atom stereocenters. The van der Waals surface area contributed by atoms with E-state index in [9.17, 15) is 26.3 Å². The average molecular weight is 268 g/mol. The maximum Gasteiger partial charge on any atom is 0.389 e. The van der Waals surface area contributed by atoms with Gasteiger partial charge in [-0.1, -0.05) is 0 Å². The number of hydrogen-bond acceptors (Lipinski definition) is 1. The topological polar surface area (TPSA) is 9.23 Å². The molecule has 0 radical (unpaired) electrons. The third-order valence-corrected chi connectivity index (χ3v) is 2.74. The lowest BCUT2D eigenvalue weighted by Crippen LogP contribution is -2.18. The Morgan fingerprint density at radius 1 is 0.875 bits per heavy atom. The van der Waals surface area contributed by atoms with Crippen LogP contribution in [0.5, 0.6) is 0 Å². The minimum absolute atomic E-state index is 0.0269. The van der Waals surface area contributed by atoms with Gasteiger partial charge in [0.05, 0.1) is 0 Å². The van der Waals surface area contributed by atoms with E-state index in [2.05, 4.69) is 0 Å². The molecule has 0 aromatic rings. The molecule has 8 heteroatoms. The van der Waals surface area contributed by atoms with Gasteiger partial charge in [-0.3, -0.25) is 0 Å². The monoisotopic (exact) mass is 268 g/mol. The van der Waals surface area contributed by atoms with Crippen molar-refractivity contribution in [3.8, 4) is 0 Å². The van der Waals surface area contributed by atoms with Gasteiger partial charge in [-0.05, 0) is 19.3 Å². The van der Waals surface area contributed by atoms with Gasteiger partial charge in [0.1, 0.15) is 10.5 Å². The summed E-state index contributed by atoms with van der Waals surface area (Å²) in [6, 6.07) is 0. The van der Waals surface area contributed by atoms with E-state index in [0.717, 1.165) is 0 Å². The highest BCUT2D eigenvalue weighted by Crippen LogP contribution is 2.26. The zero-order valence-corrected chi connectivity index (χ0v) is 10.8. The van der Waals surface area contributed by atoms with Gasteiger partial charge in [-0.25, -0.2) is 0 Å². The first-order valence-electron chi connectivity index (χ1n) is 4.80. The number of halogens is 6. The van der Waals surface area contributed by atoms with Crippen LogP contribution in [0.15, 0.2) is 0 Å². The van der Waals surface area contributed by atoms with Crippen LogP contribution >= 0.6 is 0 Å². The molecule has 16 heavy (non-hydrogen) atoms. The van der Waals surface area contributed by atoms with E-state index in [0.29, 0.717) is 0 Å². The third-order valence-electron chi connectivity index (χ3n) is 2.07. The lowest BCUT2D eigenvalue weighted by atomic mass is 10.1. The van der Waals surface area contributed by atoms with Gasteiger partial charge in [-0.2, -0.15) is 26.3 Å². The smallest absolute Gasteiger partial charge is 0.389 e. The number of alkyl halides is 6. The first-order valence-corrected chi connectivity index (χ1v) is 5.62. The van der Waals surface area contributed by atoms with Crippen molar-refractivity contribution in [2.75, 3.05) is 0 Å². The van der Waals surface area contributed by atoms with Crippen LogP contribution in [0.3, 0.4) is 0 Å². The number of hydrogen-bond donors (Lipinski definition) is 0. The zero-order valence-electron chi connectivity index (χ0n) is 8.79. The predicted molar refractivity (Wildman–Crippen MR) is 50.0 cm³/mol. The molecule has 0 saturated heterocycles. The highest BCUT2D eigenvalue weighted by molar-refractivity contribution is 5.98. The molecule has 0 amide bonds. The van der Waals surface area contributed by atoms with Gasteiger partial charge >= 0.3 is 12.4 Å². The molecule has 0 saturated carbocycles. The van der Waals surface area contributed by atoms with E-state index >= 15 is 0 Å². The molecule has 0 aliphatic heterocycles. The average Bonchev–Trinajstić information content (AvgIpc) is 2.07. The Labute approximate surface area is 92.7 Å². The van der Waals surface area contributed by atoms with Crippen LogP contribution in [0.1, 0.15) is 32.1 Å². The molecule has 98 valence electrons. The van der Waals surface area contributed by atoms with Crippen LogP contribution in [0.25, 0.3) is 0 Å². The molecular weight excluding hydrogens is 254 g/mol. The Hall–Kier alpha value is -0.243. The van der Waals surface area contributed by atoms with Crippen molar-refractivity contribution in [1.29, 1.82) is 0 Å². The van der Waals surface area contributed by atoms with E-state index in [1.165, 1.54) is 0 Å². The van der Waals surface area contributed by atoms with Crippen LogP contribution in [-0.4, -0.2) is 28.9 Å². The van der Waals surface area contributed by atoms with Gasteiger partial charge < -0.3 is 4.43 Å². The van der Waals surface area contributed by atoms with Gasteiger partial charge in [-0.15, -0.1) is 0 Å². The summed E-state index contributed by atoms with van der Waals surface area (Å²) in [5.74, 6) is 0. The zero-order chi connectivity index (χ0) is 12.8. The van der Waals surface area contributed by atoms with Crippen LogP contribution in [0.4, 0.5) is 26.3 Å². The Morgan fingerprint density at radius 2 is 1.38 bits per heavy atom. The molecule has 0 fully saturated rings. The summed E-state index contributed by atoms with van der Waals surface area (Å²) in [5, 5.41) is 0. The molecule has 0 N–H and O–H groups in total. The van der Waals surface area contributed by atoms with E-state index < -0.39 is 31.3 Å². The summed E-state index contributed by atoms with van der Waals surface area (Å²) in [4.78, 5) is 0. The summed E-state index contributed by atoms with van der Waals surface area (Å²) in [5.41, 5.74) is 0. The fraction of sp³-hybridized carbons (Fsp3) is 1.00. The summed E-state index contributed by atoms with van der Waals surface area (Å²) < 4.78 is 75.7. The summed E-state index contributed by atoms with van der Waals surface area (Å²) in [6.45, 7) is 0. The molecule has 0 bridgehead atoms. The van der Waals surface area contributed by atoms with Crippen LogP contribution in [0, 0.1) is 0 Å². The molecule has 0 spiro atoms. The lowest BCUT2D eigenvalue weighted by molar-refractivity contribution is -0.142. The highest BCUT2D eigenvalue weighted by atomic mass is 28.2. The molecule has 0 aliphatic rings. The van der Waals surface area contributed by atoms with Crippen molar-refractivity contribution in [1.82, 2.24) is 0 Å². The second-order valence-electron chi connectivity index (χ2n) is 3.52. The molecule has 0 aliphatic carbocycles. The Balaban J connectivity index is 3.76. The largest absolute Gasteiger partial charge is 0.425 e. The first-order chi connectivity index (χ1) is 7.14. The van der Waals surface area contributed by atoms with Crippen molar-refractivity contribution in [2.24, 2.45) is 0 Å². The highest BCUT2D eigenvalue weighted by Gasteiger charge is 2.29. The molecule has 0 heterocycles. The fourth-order valence-corrected chi connectivity index (χ4v) is 1.71. The molecule has 0 aromatic heterocycles. The Bertz CT molecular complexity index is 190. The Morgan fingerprint density at radius 3 is 1.75 bits per heavy atom. The minimum atomic E-state index is -4.28. The quantitative estimate of drug-likeness (QED) is 0.531. The molecule has 0 aromatic carbocycles. The van der Waals surface area contributed by atoms with Crippen molar-refractivity contribution < 1.29 is 30.8 Å². The van der Waals surface area contributed by atoms with E-state index in [1.54, 1.807) is 0 Å². The number of rotatable bonds is 6. The summed E-state index contributed by atoms with van der Waals surface area (Å²) in [7, 11) is 0.231. The van der Waals surface area contributed by atoms with Crippen LogP contribution in [0.2, 0.25) is 0 Å². The van der Waals surface area contributed by atoms with Crippen molar-refractivity contribution in [3.63, 3.8) is 0 Å². The van der Waals surface area contributed by atoms with Gasteiger partial charge in [0, 0.05) is 18.9 Å². The van der Waals surface area contributed by atoms with E-state index in [1.807, 2.05) is 0 Å². The third kappa shape index (κ3) is 10.3. The SMILES string of the molecule is FC(F)(F)CCCC(CCC(F)(F)F)O[SiH3]. The lowest BCUT2D eigenvalue weighted by Gasteiger charge is -2.17. The van der Waals surface area contributed by atoms with Crippen molar-refractivity contribution in [2.45, 2.75) is 50.6 Å². The van der Waals surface area contributed by atoms with E-state index in [-0.39, 0.29) is 29.7 Å². The second kappa shape index (κ2) is 6.48. The maximum atomic E-state index is 11.8. The molecular formula is C8H14F6OSi. The maximum absolute atomic E-state index is 11.8. The normalized spacial score (nSPS) is 15.4. The van der Waals surface area contributed by atoms with Gasteiger partial charge in [0.2, 0.25) is 0 Å². The summed E-state index contributed by atoms with van der Waals surface area (Å²) in [6.07, 6.45) is -11.6. The fourth-order valence-electron chi connectivity index (χ4n) is 1.23. The summed E-state index contributed by atoms with van der Waals surface area (Å²) >= 11 is 0. The van der Waals surface area contributed by atoms with Crippen molar-refractivity contribution >= 4 is 10.5 Å². The van der Waals surface area contributed by atoms with E-state index in [4.69, 9.17) is 4.43 Å². The van der Waals surface area contributed by atoms with Crippen LogP contribution < -0.4 is 0 Å². The predicted octanol–water partition coefficient (Wildman–Crippen LogP) is 2.73. The second-order valence-corrected chi connectivity index (χ2v) is 3.99. The molecule has 1 atom stereocenters. The molecule has 1 nitrogen and oxygen atoms in total. The van der Waals surface area contributed by atoms with Crippen molar-refractivity contribution in [3.05, 3.63) is 0 Å². The first kappa shape index (κ1) is 15.8. The standard InChI is InChI=1S/C8H14F6OSi/c9-7(10,11)4-1-2-6(15-16)3-5-8(12,13)14/h6H,1-5H2,16H3. The molecule has 0 rings (SSSR count). The van der Waals surface area contributed by atoms with Crippen LogP contribution in [-0.2, 0) is 4.43 Å². The van der Waals surface area contributed by atoms with Gasteiger partial charge in [0.15, 0.2) is 0 Å². The minimum Gasteiger partial charge on any atom is -0.425 e.